The second-order valence-electron chi connectivity index (χ2n) is 5.58. The summed E-state index contributed by atoms with van der Waals surface area (Å²) in [5.74, 6) is -0.311. The van der Waals surface area contributed by atoms with E-state index in [0.29, 0.717) is 5.56 Å². The van der Waals surface area contributed by atoms with Crippen molar-refractivity contribution in [1.29, 1.82) is 0 Å². The minimum absolute atomic E-state index is 0.164. The molecule has 0 saturated carbocycles. The van der Waals surface area contributed by atoms with Crippen LogP contribution in [0.15, 0.2) is 41.5 Å². The van der Waals surface area contributed by atoms with E-state index in [2.05, 4.69) is 4.98 Å². The largest absolute Gasteiger partial charge is 0.295 e. The quantitative estimate of drug-likeness (QED) is 0.832. The molecule has 0 radical (unpaired) electrons. The molecule has 4 heteroatoms. The van der Waals surface area contributed by atoms with Gasteiger partial charge in [0, 0.05) is 17.0 Å². The molecule has 0 spiro atoms. The van der Waals surface area contributed by atoms with E-state index in [1.54, 1.807) is 18.2 Å². The van der Waals surface area contributed by atoms with Crippen LogP contribution in [0.3, 0.4) is 0 Å². The number of hydrogen-bond acceptors (Lipinski definition) is 2. The van der Waals surface area contributed by atoms with Crippen molar-refractivity contribution >= 4 is 0 Å². The second kappa shape index (κ2) is 4.96. The van der Waals surface area contributed by atoms with E-state index in [1.807, 2.05) is 20.8 Å². The lowest BCUT2D eigenvalue weighted by atomic mass is 9.92. The second-order valence-corrected chi connectivity index (χ2v) is 5.58. The van der Waals surface area contributed by atoms with Crippen LogP contribution in [0.1, 0.15) is 32.0 Å². The molecule has 1 aromatic carbocycles. The van der Waals surface area contributed by atoms with E-state index in [9.17, 15) is 9.18 Å². The monoisotopic (exact) mass is 260 g/mol. The number of benzene rings is 1. The van der Waals surface area contributed by atoms with Crippen LogP contribution in [0.2, 0.25) is 0 Å². The average Bonchev–Trinajstić information content (AvgIpc) is 2.33. The minimum atomic E-state index is -0.311. The highest BCUT2D eigenvalue weighted by Crippen LogP contribution is 2.17. The summed E-state index contributed by atoms with van der Waals surface area (Å²) >= 11 is 0. The fraction of sp³-hybridized carbons (Fsp3) is 0.333. The molecule has 100 valence electrons. The van der Waals surface area contributed by atoms with Crippen molar-refractivity contribution in [3.05, 3.63) is 64.1 Å². The van der Waals surface area contributed by atoms with Crippen molar-refractivity contribution in [3.8, 4) is 0 Å². The third-order valence-corrected chi connectivity index (χ3v) is 2.95. The minimum Gasteiger partial charge on any atom is -0.295 e. The van der Waals surface area contributed by atoms with E-state index in [4.69, 9.17) is 0 Å². The van der Waals surface area contributed by atoms with Crippen LogP contribution in [0.5, 0.6) is 0 Å². The highest BCUT2D eigenvalue weighted by atomic mass is 19.1. The summed E-state index contributed by atoms with van der Waals surface area (Å²) in [6, 6.07) is 7.95. The normalized spacial score (nSPS) is 11.6. The van der Waals surface area contributed by atoms with Crippen LogP contribution in [0, 0.1) is 5.82 Å². The molecule has 0 N–H and O–H groups in total. The SMILES string of the molecule is CC(C)(C)c1cc(=O)n(Cc2ccccc2F)cn1. The molecule has 19 heavy (non-hydrogen) atoms. The molecule has 0 saturated heterocycles. The van der Waals surface area contributed by atoms with Gasteiger partial charge in [-0.3, -0.25) is 9.36 Å². The average molecular weight is 260 g/mol. The van der Waals surface area contributed by atoms with Crippen molar-refractivity contribution in [1.82, 2.24) is 9.55 Å². The van der Waals surface area contributed by atoms with E-state index >= 15 is 0 Å². The third kappa shape index (κ3) is 3.08. The molecule has 2 rings (SSSR count). The zero-order chi connectivity index (χ0) is 14.0. The Morgan fingerprint density at radius 2 is 1.95 bits per heavy atom. The number of halogens is 1. The topological polar surface area (TPSA) is 34.9 Å². The summed E-state index contributed by atoms with van der Waals surface area (Å²) in [7, 11) is 0. The fourth-order valence-electron chi connectivity index (χ4n) is 1.76. The summed E-state index contributed by atoms with van der Waals surface area (Å²) in [5, 5.41) is 0. The van der Waals surface area contributed by atoms with Crippen molar-refractivity contribution < 1.29 is 4.39 Å². The zero-order valence-corrected chi connectivity index (χ0v) is 11.4. The Kier molecular flexibility index (Phi) is 3.51. The smallest absolute Gasteiger partial charge is 0.253 e. The Balaban J connectivity index is 2.33. The molecule has 0 unspecified atom stereocenters. The first-order valence-electron chi connectivity index (χ1n) is 6.18. The molecule has 0 aliphatic heterocycles. The Bertz CT molecular complexity index is 641. The van der Waals surface area contributed by atoms with Crippen LogP contribution in [-0.4, -0.2) is 9.55 Å². The molecular weight excluding hydrogens is 243 g/mol. The van der Waals surface area contributed by atoms with Gasteiger partial charge in [0.25, 0.3) is 5.56 Å². The van der Waals surface area contributed by atoms with Crippen molar-refractivity contribution in [2.75, 3.05) is 0 Å². The summed E-state index contributed by atoms with van der Waals surface area (Å²) in [5.41, 5.74) is 0.886. The van der Waals surface area contributed by atoms with E-state index in [0.717, 1.165) is 5.69 Å². The molecule has 0 aliphatic carbocycles. The van der Waals surface area contributed by atoms with Gasteiger partial charge in [0.2, 0.25) is 0 Å². The van der Waals surface area contributed by atoms with Gasteiger partial charge in [-0.15, -0.1) is 0 Å². The first-order chi connectivity index (χ1) is 8.88. The number of aromatic nitrogens is 2. The van der Waals surface area contributed by atoms with Crippen LogP contribution in [0.4, 0.5) is 4.39 Å². The first-order valence-corrected chi connectivity index (χ1v) is 6.18. The molecule has 0 amide bonds. The summed E-state index contributed by atoms with van der Waals surface area (Å²) in [4.78, 5) is 16.3. The number of rotatable bonds is 2. The van der Waals surface area contributed by atoms with Crippen molar-refractivity contribution in [2.24, 2.45) is 0 Å². The first kappa shape index (κ1) is 13.5. The van der Waals surface area contributed by atoms with Crippen LogP contribution >= 0.6 is 0 Å². The number of hydrogen-bond donors (Lipinski definition) is 0. The van der Waals surface area contributed by atoms with Gasteiger partial charge in [-0.1, -0.05) is 39.0 Å². The van der Waals surface area contributed by atoms with Gasteiger partial charge >= 0.3 is 0 Å². The highest BCUT2D eigenvalue weighted by molar-refractivity contribution is 5.18. The summed E-state index contributed by atoms with van der Waals surface area (Å²) < 4.78 is 15.0. The molecule has 0 atom stereocenters. The Morgan fingerprint density at radius 3 is 2.53 bits per heavy atom. The van der Waals surface area contributed by atoms with Crippen LogP contribution < -0.4 is 5.56 Å². The lowest BCUT2D eigenvalue weighted by Gasteiger charge is -2.17. The summed E-state index contributed by atoms with van der Waals surface area (Å²) in [6.07, 6.45) is 1.48. The Morgan fingerprint density at radius 1 is 1.26 bits per heavy atom. The van der Waals surface area contributed by atoms with Gasteiger partial charge in [0.05, 0.1) is 18.6 Å². The standard InChI is InChI=1S/C15H17FN2O/c1-15(2,3)13-8-14(19)18(10-17-13)9-11-6-4-5-7-12(11)16/h4-8,10H,9H2,1-3H3. The molecule has 1 heterocycles. The lowest BCUT2D eigenvalue weighted by Crippen LogP contribution is -2.25. The third-order valence-electron chi connectivity index (χ3n) is 2.95. The van der Waals surface area contributed by atoms with Crippen molar-refractivity contribution in [2.45, 2.75) is 32.7 Å². The van der Waals surface area contributed by atoms with Crippen molar-refractivity contribution in [3.63, 3.8) is 0 Å². The number of nitrogens with zero attached hydrogens (tertiary/aromatic N) is 2. The van der Waals surface area contributed by atoms with Gasteiger partial charge in [-0.2, -0.15) is 0 Å². The maximum atomic E-state index is 13.5. The van der Waals surface area contributed by atoms with Gasteiger partial charge in [0.15, 0.2) is 0 Å². The Hall–Kier alpha value is -1.97. The van der Waals surface area contributed by atoms with Gasteiger partial charge in [-0.25, -0.2) is 9.37 Å². The van der Waals surface area contributed by atoms with E-state index in [1.165, 1.54) is 23.0 Å². The van der Waals surface area contributed by atoms with Gasteiger partial charge < -0.3 is 0 Å². The molecule has 1 aromatic heterocycles. The van der Waals surface area contributed by atoms with Crippen LogP contribution in [0.25, 0.3) is 0 Å². The van der Waals surface area contributed by atoms with Gasteiger partial charge in [0.1, 0.15) is 5.82 Å². The maximum Gasteiger partial charge on any atom is 0.253 e. The molecule has 3 nitrogen and oxygen atoms in total. The van der Waals surface area contributed by atoms with E-state index < -0.39 is 0 Å². The Labute approximate surface area is 111 Å². The molecule has 0 aliphatic rings. The van der Waals surface area contributed by atoms with Gasteiger partial charge in [-0.05, 0) is 6.07 Å². The molecule has 0 bridgehead atoms. The molecule has 0 fully saturated rings. The lowest BCUT2D eigenvalue weighted by molar-refractivity contribution is 0.553. The maximum absolute atomic E-state index is 13.5. The zero-order valence-electron chi connectivity index (χ0n) is 11.4. The summed E-state index contributed by atoms with van der Waals surface area (Å²) in [6.45, 7) is 6.19. The van der Waals surface area contributed by atoms with Crippen LogP contribution in [-0.2, 0) is 12.0 Å². The predicted octanol–water partition coefficient (Wildman–Crippen LogP) is 2.73. The predicted molar refractivity (Wildman–Crippen MR) is 72.7 cm³/mol. The van der Waals surface area contributed by atoms with E-state index in [-0.39, 0.29) is 23.3 Å². The molecule has 2 aromatic rings. The highest BCUT2D eigenvalue weighted by Gasteiger charge is 2.16. The fourth-order valence-corrected chi connectivity index (χ4v) is 1.76. The molecular formula is C15H17FN2O.